The molecule has 9 heteroatoms. The summed E-state index contributed by atoms with van der Waals surface area (Å²) < 4.78 is 12.8. The van der Waals surface area contributed by atoms with Gasteiger partial charge in [0.25, 0.3) is 5.56 Å². The Balaban J connectivity index is 1.56. The molecule has 0 unspecified atom stereocenters. The lowest BCUT2D eigenvalue weighted by atomic mass is 10.1. The Morgan fingerprint density at radius 3 is 2.64 bits per heavy atom. The molecular formula is C24H23N3O4S2. The lowest BCUT2D eigenvalue weighted by Crippen LogP contribution is -2.24. The molecule has 7 nitrogen and oxygen atoms in total. The van der Waals surface area contributed by atoms with Gasteiger partial charge in [0.2, 0.25) is 5.91 Å². The molecule has 0 aliphatic carbocycles. The summed E-state index contributed by atoms with van der Waals surface area (Å²) in [4.78, 5) is 30.5. The predicted molar refractivity (Wildman–Crippen MR) is 133 cm³/mol. The largest absolute Gasteiger partial charge is 0.497 e. The molecule has 2 aromatic carbocycles. The van der Waals surface area contributed by atoms with Crippen LogP contribution in [0.5, 0.6) is 11.5 Å². The van der Waals surface area contributed by atoms with Crippen LogP contribution in [0.3, 0.4) is 0 Å². The summed E-state index contributed by atoms with van der Waals surface area (Å²) in [5.41, 5.74) is 3.23. The number of rotatable bonds is 8. The number of nitrogens with zero attached hydrogens (tertiary/aromatic N) is 2. The first kappa shape index (κ1) is 22.9. The van der Waals surface area contributed by atoms with Crippen LogP contribution in [-0.2, 0) is 11.3 Å². The van der Waals surface area contributed by atoms with E-state index in [4.69, 9.17) is 9.47 Å². The summed E-state index contributed by atoms with van der Waals surface area (Å²) in [5.74, 6) is 0.991. The van der Waals surface area contributed by atoms with E-state index in [1.165, 1.54) is 30.2 Å². The number of hydrogen-bond donors (Lipinski definition) is 1. The normalized spacial score (nSPS) is 10.9. The number of nitrogens with one attached hydrogen (secondary N) is 1. The highest BCUT2D eigenvalue weighted by molar-refractivity contribution is 7.99. The highest BCUT2D eigenvalue weighted by Gasteiger charge is 2.16. The number of amides is 1. The fourth-order valence-corrected chi connectivity index (χ4v) is 4.84. The molecule has 4 rings (SSSR count). The van der Waals surface area contributed by atoms with Crippen molar-refractivity contribution in [2.45, 2.75) is 18.6 Å². The van der Waals surface area contributed by atoms with Gasteiger partial charge >= 0.3 is 0 Å². The molecule has 0 atom stereocenters. The van der Waals surface area contributed by atoms with Crippen LogP contribution in [0.4, 0.5) is 5.69 Å². The molecule has 0 radical (unpaired) electrons. The van der Waals surface area contributed by atoms with E-state index in [1.807, 2.05) is 42.6 Å². The van der Waals surface area contributed by atoms with E-state index < -0.39 is 0 Å². The first-order valence-corrected chi connectivity index (χ1v) is 12.0. The molecule has 170 valence electrons. The Morgan fingerprint density at radius 2 is 1.91 bits per heavy atom. The Kier molecular flexibility index (Phi) is 7.00. The summed E-state index contributed by atoms with van der Waals surface area (Å²) in [5, 5.41) is 5.21. The predicted octanol–water partition coefficient (Wildman–Crippen LogP) is 4.56. The maximum atomic E-state index is 13.2. The molecular weight excluding hydrogens is 458 g/mol. The number of fused-ring (bicyclic) bond motifs is 1. The Hall–Kier alpha value is -3.30. The molecule has 33 heavy (non-hydrogen) atoms. The van der Waals surface area contributed by atoms with Crippen LogP contribution >= 0.6 is 23.1 Å². The average molecular weight is 482 g/mol. The quantitative estimate of drug-likeness (QED) is 0.293. The molecule has 0 fully saturated rings. The van der Waals surface area contributed by atoms with Crippen molar-refractivity contribution in [1.82, 2.24) is 9.55 Å². The van der Waals surface area contributed by atoms with Gasteiger partial charge in [0.1, 0.15) is 16.2 Å². The maximum absolute atomic E-state index is 13.2. The van der Waals surface area contributed by atoms with Gasteiger partial charge in [-0.1, -0.05) is 41.6 Å². The highest BCUT2D eigenvalue weighted by atomic mass is 32.2. The van der Waals surface area contributed by atoms with Gasteiger partial charge < -0.3 is 14.8 Å². The number of benzene rings is 2. The average Bonchev–Trinajstić information content (AvgIpc) is 3.30. The van der Waals surface area contributed by atoms with Crippen molar-refractivity contribution < 1.29 is 14.3 Å². The first-order valence-electron chi connectivity index (χ1n) is 10.2. The van der Waals surface area contributed by atoms with Crippen molar-refractivity contribution in [3.63, 3.8) is 0 Å². The zero-order chi connectivity index (χ0) is 23.4. The summed E-state index contributed by atoms with van der Waals surface area (Å²) in [6, 6.07) is 15.0. The number of methoxy groups -OCH3 is 2. The molecule has 4 aromatic rings. The van der Waals surface area contributed by atoms with Crippen LogP contribution in [0.15, 0.2) is 63.9 Å². The van der Waals surface area contributed by atoms with Crippen molar-refractivity contribution in [2.75, 3.05) is 25.3 Å². The number of carbonyl (C=O) groups is 1. The minimum Gasteiger partial charge on any atom is -0.497 e. The lowest BCUT2D eigenvalue weighted by molar-refractivity contribution is -0.113. The second-order valence-electron chi connectivity index (χ2n) is 7.31. The molecule has 0 saturated heterocycles. The van der Waals surface area contributed by atoms with Crippen molar-refractivity contribution in [3.8, 4) is 11.5 Å². The zero-order valence-electron chi connectivity index (χ0n) is 18.5. The first-order chi connectivity index (χ1) is 16.0. The standard InChI is InChI=1S/C24H23N3O4S2/c1-15-4-6-16(7-5-15)13-27-23(29)22-19(10-11-32-22)26-24(27)33-14-21(28)25-18-9-8-17(30-2)12-20(18)31-3/h4-12H,13-14H2,1-3H3,(H,25,28). The van der Waals surface area contributed by atoms with Crippen LogP contribution in [0.1, 0.15) is 11.1 Å². The molecule has 2 aromatic heterocycles. The highest BCUT2D eigenvalue weighted by Crippen LogP contribution is 2.29. The monoisotopic (exact) mass is 481 g/mol. The molecule has 1 amide bonds. The number of aromatic nitrogens is 2. The number of carbonyl (C=O) groups excluding carboxylic acids is 1. The minimum atomic E-state index is -0.231. The van der Waals surface area contributed by atoms with Gasteiger partial charge in [-0.25, -0.2) is 4.98 Å². The topological polar surface area (TPSA) is 82.5 Å². The molecule has 2 heterocycles. The smallest absolute Gasteiger partial charge is 0.272 e. The third-order valence-corrected chi connectivity index (χ3v) is 6.88. The van der Waals surface area contributed by atoms with E-state index in [0.717, 1.165) is 11.1 Å². The number of aryl methyl sites for hydroxylation is 1. The minimum absolute atomic E-state index is 0.0885. The molecule has 1 N–H and O–H groups in total. The summed E-state index contributed by atoms with van der Waals surface area (Å²) >= 11 is 2.60. The third kappa shape index (κ3) is 5.20. The Labute approximate surface area is 199 Å². The van der Waals surface area contributed by atoms with Crippen molar-refractivity contribution >= 4 is 44.9 Å². The molecule has 0 aliphatic rings. The van der Waals surface area contributed by atoms with Gasteiger partial charge in [0, 0.05) is 6.07 Å². The number of thiophene rings is 1. The van der Waals surface area contributed by atoms with Gasteiger partial charge in [-0.2, -0.15) is 0 Å². The van der Waals surface area contributed by atoms with E-state index in [2.05, 4.69) is 10.3 Å². The van der Waals surface area contributed by atoms with Crippen LogP contribution in [0.2, 0.25) is 0 Å². The summed E-state index contributed by atoms with van der Waals surface area (Å²) in [7, 11) is 3.10. The van der Waals surface area contributed by atoms with Crippen molar-refractivity contribution in [3.05, 3.63) is 75.4 Å². The van der Waals surface area contributed by atoms with Gasteiger partial charge in [-0.3, -0.25) is 14.2 Å². The second kappa shape index (κ2) is 10.1. The van der Waals surface area contributed by atoms with Crippen molar-refractivity contribution in [2.24, 2.45) is 0 Å². The van der Waals surface area contributed by atoms with Crippen molar-refractivity contribution in [1.29, 1.82) is 0 Å². The van der Waals surface area contributed by atoms with Crippen LogP contribution < -0.4 is 20.3 Å². The number of hydrogen-bond acceptors (Lipinski definition) is 7. The Bertz CT molecular complexity index is 1350. The van der Waals surface area contributed by atoms with E-state index in [9.17, 15) is 9.59 Å². The van der Waals surface area contributed by atoms with Gasteiger partial charge in [-0.15, -0.1) is 11.3 Å². The SMILES string of the molecule is COc1ccc(NC(=O)CSc2nc3ccsc3c(=O)n2Cc2ccc(C)cc2)c(OC)c1. The number of anilines is 1. The van der Waals surface area contributed by atoms with Gasteiger partial charge in [-0.05, 0) is 36.1 Å². The van der Waals surface area contributed by atoms with E-state index >= 15 is 0 Å². The third-order valence-electron chi connectivity index (χ3n) is 5.01. The van der Waals surface area contributed by atoms with Crippen LogP contribution in [0, 0.1) is 6.92 Å². The van der Waals surface area contributed by atoms with E-state index in [-0.39, 0.29) is 17.2 Å². The molecule has 0 spiro atoms. The fourth-order valence-electron chi connectivity index (χ4n) is 3.27. The second-order valence-corrected chi connectivity index (χ2v) is 9.17. The van der Waals surface area contributed by atoms with E-state index in [0.29, 0.717) is 39.1 Å². The summed E-state index contributed by atoms with van der Waals surface area (Å²) in [6.45, 7) is 2.41. The molecule has 0 bridgehead atoms. The van der Waals surface area contributed by atoms with Gasteiger partial charge in [0.05, 0.1) is 37.7 Å². The fraction of sp³-hybridized carbons (Fsp3) is 0.208. The maximum Gasteiger partial charge on any atom is 0.272 e. The van der Waals surface area contributed by atoms with Crippen LogP contribution in [0.25, 0.3) is 10.2 Å². The lowest BCUT2D eigenvalue weighted by Gasteiger charge is -2.13. The summed E-state index contributed by atoms with van der Waals surface area (Å²) in [6.07, 6.45) is 0. The molecule has 0 aliphatic heterocycles. The number of thioether (sulfide) groups is 1. The molecule has 0 saturated carbocycles. The zero-order valence-corrected chi connectivity index (χ0v) is 20.1. The van der Waals surface area contributed by atoms with Gasteiger partial charge in [0.15, 0.2) is 5.16 Å². The number of ether oxygens (including phenoxy) is 2. The Morgan fingerprint density at radius 1 is 1.12 bits per heavy atom. The van der Waals surface area contributed by atoms with E-state index in [1.54, 1.807) is 29.9 Å². The van der Waals surface area contributed by atoms with Crippen LogP contribution in [-0.4, -0.2) is 35.4 Å².